The second-order valence-corrected chi connectivity index (χ2v) is 10.2. The molecule has 8 heteroatoms. The Kier molecular flexibility index (Phi) is 11.5. The average molecular weight is 471 g/mol. The Morgan fingerprint density at radius 2 is 1.69 bits per heavy atom. The zero-order valence-corrected chi connectivity index (χ0v) is 18.9. The van der Waals surface area contributed by atoms with E-state index in [0.29, 0.717) is 25.4 Å². The van der Waals surface area contributed by atoms with Crippen LogP contribution in [0, 0.1) is 11.8 Å². The lowest BCUT2D eigenvalue weighted by Gasteiger charge is -2.21. The molecular weight excluding hydrogens is 428 g/mol. The van der Waals surface area contributed by atoms with Gasteiger partial charge in [0.25, 0.3) is 0 Å². The minimum atomic E-state index is -3.67. The Hall–Kier alpha value is -1.80. The second-order valence-electron chi connectivity index (χ2n) is 8.32. The van der Waals surface area contributed by atoms with E-state index in [1.165, 1.54) is 43.9 Å². The van der Waals surface area contributed by atoms with Crippen molar-refractivity contribution in [1.82, 2.24) is 9.62 Å². The summed E-state index contributed by atoms with van der Waals surface area (Å²) in [5.74, 6) is 1.18. The Morgan fingerprint density at radius 3 is 2.31 bits per heavy atom. The number of benzene rings is 1. The summed E-state index contributed by atoms with van der Waals surface area (Å²) in [6.45, 7) is 1.38. The number of sulfonamides is 1. The number of nitrogens with zero attached hydrogens (tertiary/aromatic N) is 1. The van der Waals surface area contributed by atoms with E-state index in [1.54, 1.807) is 12.1 Å². The van der Waals surface area contributed by atoms with Gasteiger partial charge in [0.2, 0.25) is 15.9 Å². The molecule has 0 spiro atoms. The lowest BCUT2D eigenvalue weighted by molar-refractivity contribution is -0.125. The summed E-state index contributed by atoms with van der Waals surface area (Å²) in [7, 11) is -0.690. The second kappa shape index (κ2) is 13.0. The summed E-state index contributed by atoms with van der Waals surface area (Å²) in [5.41, 5.74) is 0. The van der Waals surface area contributed by atoms with Crippen molar-refractivity contribution in [2.75, 3.05) is 33.9 Å². The first-order valence-corrected chi connectivity index (χ1v) is 12.4. The highest BCUT2D eigenvalue weighted by Crippen LogP contribution is 2.33. The number of carbonyl (C=O) groups is 1. The van der Waals surface area contributed by atoms with Crippen LogP contribution >= 0.6 is 0 Å². The maximum atomic E-state index is 13.1. The van der Waals surface area contributed by atoms with E-state index in [4.69, 9.17) is 9.47 Å². The molecule has 2 fully saturated rings. The van der Waals surface area contributed by atoms with Gasteiger partial charge in [-0.1, -0.05) is 47.0 Å². The van der Waals surface area contributed by atoms with Crippen molar-refractivity contribution in [3.05, 3.63) is 18.2 Å². The first kappa shape index (κ1) is 28.2. The first-order valence-electron chi connectivity index (χ1n) is 11.0. The Bertz CT molecular complexity index is 820. The summed E-state index contributed by atoms with van der Waals surface area (Å²) in [6.07, 6.45) is 8.63. The molecule has 0 radical (unpaired) electrons. The van der Waals surface area contributed by atoms with Crippen LogP contribution in [0.4, 0.5) is 0 Å². The van der Waals surface area contributed by atoms with E-state index in [9.17, 15) is 13.2 Å². The van der Waals surface area contributed by atoms with Crippen molar-refractivity contribution in [1.29, 1.82) is 0 Å². The van der Waals surface area contributed by atoms with E-state index in [0.717, 1.165) is 32.1 Å². The third-order valence-electron chi connectivity index (χ3n) is 6.28. The van der Waals surface area contributed by atoms with Crippen molar-refractivity contribution in [2.45, 2.75) is 71.1 Å². The largest absolute Gasteiger partial charge is 0.497 e. The average Bonchev–Trinajstić information content (AvgIpc) is 3.21. The lowest BCUT2D eigenvalue weighted by atomic mass is 9.90. The van der Waals surface area contributed by atoms with Crippen molar-refractivity contribution in [2.24, 2.45) is 11.8 Å². The van der Waals surface area contributed by atoms with Crippen LogP contribution in [0.2, 0.25) is 0 Å². The molecule has 1 aromatic rings. The zero-order valence-electron chi connectivity index (χ0n) is 18.1. The van der Waals surface area contributed by atoms with Gasteiger partial charge < -0.3 is 14.8 Å². The molecule has 2 aliphatic rings. The van der Waals surface area contributed by atoms with Gasteiger partial charge in [-0.25, -0.2) is 8.42 Å². The fourth-order valence-electron chi connectivity index (χ4n) is 4.42. The predicted molar refractivity (Wildman–Crippen MR) is 129 cm³/mol. The number of rotatable bonds is 7. The molecule has 32 heavy (non-hydrogen) atoms. The molecule has 1 saturated carbocycles. The summed E-state index contributed by atoms with van der Waals surface area (Å²) in [4.78, 5) is 12.7. The molecule has 7 nitrogen and oxygen atoms in total. The third-order valence-corrected chi connectivity index (χ3v) is 8.18. The molecule has 1 N–H and O–H groups in total. The molecule has 3 rings (SSSR count). The molecule has 1 aliphatic heterocycles. The van der Waals surface area contributed by atoms with Crippen LogP contribution in [-0.4, -0.2) is 52.5 Å². The minimum Gasteiger partial charge on any atom is -0.497 e. The van der Waals surface area contributed by atoms with Crippen LogP contribution < -0.4 is 14.8 Å². The quantitative estimate of drug-likeness (QED) is 0.636. The normalized spacial score (nSPS) is 20.2. The van der Waals surface area contributed by atoms with Crippen LogP contribution in [0.15, 0.2) is 23.1 Å². The zero-order chi connectivity index (χ0) is 21.6. The Balaban J connectivity index is 0.00000256. The highest BCUT2D eigenvalue weighted by Gasteiger charge is 2.34. The van der Waals surface area contributed by atoms with Gasteiger partial charge in [-0.15, -0.1) is 0 Å². The van der Waals surface area contributed by atoms with Crippen LogP contribution in [0.5, 0.6) is 11.5 Å². The molecule has 184 valence electrons. The minimum absolute atomic E-state index is 0. The van der Waals surface area contributed by atoms with Gasteiger partial charge in [0, 0.05) is 31.6 Å². The highest BCUT2D eigenvalue weighted by molar-refractivity contribution is 7.89. The molecule has 0 bridgehead atoms. The van der Waals surface area contributed by atoms with E-state index < -0.39 is 10.0 Å². The molecule has 1 saturated heterocycles. The maximum absolute atomic E-state index is 13.1. The van der Waals surface area contributed by atoms with E-state index in [-0.39, 0.29) is 43.2 Å². The van der Waals surface area contributed by atoms with Gasteiger partial charge in [-0.05, 0) is 37.3 Å². The summed E-state index contributed by atoms with van der Waals surface area (Å²) < 4.78 is 38.2. The van der Waals surface area contributed by atoms with Crippen molar-refractivity contribution in [3.63, 3.8) is 0 Å². The molecule has 1 unspecified atom stereocenters. The number of hydrogen-bond acceptors (Lipinski definition) is 5. The van der Waals surface area contributed by atoms with Crippen LogP contribution in [-0.2, 0) is 14.8 Å². The fourth-order valence-corrected chi connectivity index (χ4v) is 6.08. The molecular formula is C24H42N2O5S. The molecule has 0 aromatic heterocycles. The molecule has 1 atom stereocenters. The van der Waals surface area contributed by atoms with Crippen molar-refractivity contribution in [3.8, 4) is 11.5 Å². The number of nitrogens with one attached hydrogen (secondary N) is 1. The molecule has 1 heterocycles. The van der Waals surface area contributed by atoms with Crippen LogP contribution in [0.3, 0.4) is 0 Å². The monoisotopic (exact) mass is 470 g/mol. The summed E-state index contributed by atoms with van der Waals surface area (Å²) in [6, 6.07) is 4.73. The lowest BCUT2D eigenvalue weighted by Crippen LogP contribution is -2.36. The number of carbonyl (C=O) groups excluding carboxylic acids is 1. The fraction of sp³-hybridized carbons (Fsp3) is 0.708. The Morgan fingerprint density at radius 1 is 1.03 bits per heavy atom. The van der Waals surface area contributed by atoms with E-state index >= 15 is 0 Å². The van der Waals surface area contributed by atoms with Gasteiger partial charge in [0.05, 0.1) is 14.2 Å². The maximum Gasteiger partial charge on any atom is 0.246 e. The Labute approximate surface area is 194 Å². The standard InChI is InChI=1S/C22H34N2O5S.2CH4/c1-28-19-10-11-21(20(14-19)29-2)30(26,27)24-13-12-17(16-24)15-23-22(25)18-8-6-4-3-5-7-9-18;;/h10-11,14,17-18H,3-9,12-13,15-16H2,1-2H3,(H,23,25);2*1H4. The van der Waals surface area contributed by atoms with E-state index in [1.807, 2.05) is 0 Å². The van der Waals surface area contributed by atoms with Gasteiger partial charge in [0.1, 0.15) is 16.4 Å². The molecule has 1 aliphatic carbocycles. The molecule has 1 amide bonds. The number of amides is 1. The molecule has 1 aromatic carbocycles. The SMILES string of the molecule is C.C.COc1ccc(S(=O)(=O)N2CCC(CNC(=O)C3CCCCCCC3)C2)c(OC)c1. The van der Waals surface area contributed by atoms with Crippen molar-refractivity contribution >= 4 is 15.9 Å². The van der Waals surface area contributed by atoms with Gasteiger partial charge in [-0.3, -0.25) is 4.79 Å². The van der Waals surface area contributed by atoms with Crippen LogP contribution in [0.1, 0.15) is 66.2 Å². The van der Waals surface area contributed by atoms with E-state index in [2.05, 4.69) is 5.32 Å². The predicted octanol–water partition coefficient (Wildman–Crippen LogP) is 4.46. The first-order chi connectivity index (χ1) is 14.5. The third kappa shape index (κ3) is 6.85. The number of ether oxygens (including phenoxy) is 2. The highest BCUT2D eigenvalue weighted by atomic mass is 32.2. The smallest absolute Gasteiger partial charge is 0.246 e. The topological polar surface area (TPSA) is 84.9 Å². The van der Waals surface area contributed by atoms with Crippen LogP contribution in [0.25, 0.3) is 0 Å². The summed E-state index contributed by atoms with van der Waals surface area (Å²) >= 11 is 0. The number of methoxy groups -OCH3 is 2. The number of hydrogen-bond donors (Lipinski definition) is 1. The van der Waals surface area contributed by atoms with Gasteiger partial charge in [-0.2, -0.15) is 4.31 Å². The van der Waals surface area contributed by atoms with Crippen molar-refractivity contribution < 1.29 is 22.7 Å². The summed E-state index contributed by atoms with van der Waals surface area (Å²) in [5, 5.41) is 3.09. The van der Waals surface area contributed by atoms with Gasteiger partial charge >= 0.3 is 0 Å². The van der Waals surface area contributed by atoms with Gasteiger partial charge in [0.15, 0.2) is 0 Å².